The standard InChI is InChI=1S/C29H33N5O3/c1-4-25-28(35)32(2)26-9-8-24(19-27(26)33(3)29(25)36)37-18-6-16-34(21-23-10-14-30-15-11-23)17-12-22-7-5-13-31-20-22/h4-5,7-11,13-15,19-20H,6,12,16-18,21H2,1-3H3. The maximum absolute atomic E-state index is 12.8. The van der Waals surface area contributed by atoms with E-state index in [1.54, 1.807) is 33.3 Å². The van der Waals surface area contributed by atoms with Crippen molar-refractivity contribution in [2.45, 2.75) is 26.3 Å². The van der Waals surface area contributed by atoms with Gasteiger partial charge in [-0.05, 0) is 61.2 Å². The summed E-state index contributed by atoms with van der Waals surface area (Å²) in [5, 5.41) is 0. The van der Waals surface area contributed by atoms with Crippen molar-refractivity contribution in [1.82, 2.24) is 14.9 Å². The fraction of sp³-hybridized carbons (Fsp3) is 0.310. The van der Waals surface area contributed by atoms with Gasteiger partial charge in [0.2, 0.25) is 0 Å². The molecule has 0 saturated carbocycles. The van der Waals surface area contributed by atoms with Crippen molar-refractivity contribution in [1.29, 1.82) is 0 Å². The highest BCUT2D eigenvalue weighted by atomic mass is 16.5. The van der Waals surface area contributed by atoms with E-state index in [9.17, 15) is 9.59 Å². The number of anilines is 2. The Morgan fingerprint density at radius 3 is 2.35 bits per heavy atom. The van der Waals surface area contributed by atoms with Gasteiger partial charge in [-0.15, -0.1) is 0 Å². The van der Waals surface area contributed by atoms with Gasteiger partial charge in [-0.25, -0.2) is 0 Å². The summed E-state index contributed by atoms with van der Waals surface area (Å²) >= 11 is 0. The second kappa shape index (κ2) is 12.3. The molecule has 0 bridgehead atoms. The van der Waals surface area contributed by atoms with Crippen molar-refractivity contribution in [2.75, 3.05) is 43.6 Å². The Morgan fingerprint density at radius 1 is 0.892 bits per heavy atom. The van der Waals surface area contributed by atoms with Gasteiger partial charge < -0.3 is 14.5 Å². The number of hydrogen-bond acceptors (Lipinski definition) is 6. The van der Waals surface area contributed by atoms with E-state index < -0.39 is 0 Å². The van der Waals surface area contributed by atoms with E-state index in [1.165, 1.54) is 20.9 Å². The fourth-order valence-electron chi connectivity index (χ4n) is 4.39. The summed E-state index contributed by atoms with van der Waals surface area (Å²) in [6.07, 6.45) is 10.7. The Kier molecular flexibility index (Phi) is 8.64. The number of likely N-dealkylation sites (N-methyl/N-ethyl adjacent to an activating group) is 2. The predicted molar refractivity (Wildman–Crippen MR) is 145 cm³/mol. The molecule has 0 radical (unpaired) electrons. The smallest absolute Gasteiger partial charge is 0.263 e. The number of allylic oxidation sites excluding steroid dienone is 1. The second-order valence-corrected chi connectivity index (χ2v) is 9.03. The van der Waals surface area contributed by atoms with E-state index in [0.29, 0.717) is 23.7 Å². The Hall–Kier alpha value is -4.04. The highest BCUT2D eigenvalue weighted by molar-refractivity contribution is 6.30. The lowest BCUT2D eigenvalue weighted by Crippen LogP contribution is -2.32. The molecular formula is C29H33N5O3. The molecule has 8 heteroatoms. The Labute approximate surface area is 218 Å². The number of carbonyl (C=O) groups excluding carboxylic acids is 2. The van der Waals surface area contributed by atoms with Gasteiger partial charge in [0.15, 0.2) is 0 Å². The van der Waals surface area contributed by atoms with E-state index in [-0.39, 0.29) is 17.4 Å². The lowest BCUT2D eigenvalue weighted by atomic mass is 10.2. The molecule has 1 aliphatic rings. The number of nitrogens with zero attached hydrogens (tertiary/aromatic N) is 5. The van der Waals surface area contributed by atoms with Gasteiger partial charge in [0.05, 0.1) is 18.0 Å². The third-order valence-corrected chi connectivity index (χ3v) is 6.51. The molecule has 0 atom stereocenters. The topological polar surface area (TPSA) is 78.9 Å². The van der Waals surface area contributed by atoms with Gasteiger partial charge in [-0.2, -0.15) is 0 Å². The SMILES string of the molecule is CC=C1C(=O)N(C)c2ccc(OCCCN(CCc3cccnc3)Cc3ccncc3)cc2N(C)C1=O. The molecule has 2 aromatic heterocycles. The summed E-state index contributed by atoms with van der Waals surface area (Å²) in [4.78, 5) is 39.3. The number of fused-ring (bicyclic) bond motifs is 1. The summed E-state index contributed by atoms with van der Waals surface area (Å²) in [5.41, 5.74) is 3.91. The minimum Gasteiger partial charge on any atom is -0.493 e. The van der Waals surface area contributed by atoms with E-state index in [0.717, 1.165) is 32.5 Å². The maximum atomic E-state index is 12.8. The lowest BCUT2D eigenvalue weighted by Gasteiger charge is -2.23. The van der Waals surface area contributed by atoms with Crippen molar-refractivity contribution < 1.29 is 14.3 Å². The first-order valence-corrected chi connectivity index (χ1v) is 12.5. The van der Waals surface area contributed by atoms with Crippen molar-refractivity contribution >= 4 is 23.2 Å². The van der Waals surface area contributed by atoms with Crippen LogP contribution in [0, 0.1) is 0 Å². The van der Waals surface area contributed by atoms with Crippen molar-refractivity contribution in [2.24, 2.45) is 0 Å². The Balaban J connectivity index is 1.38. The average Bonchev–Trinajstić information content (AvgIpc) is 3.00. The quantitative estimate of drug-likeness (QED) is 0.239. The third-order valence-electron chi connectivity index (χ3n) is 6.51. The van der Waals surface area contributed by atoms with Crippen molar-refractivity contribution in [3.63, 3.8) is 0 Å². The molecule has 8 nitrogen and oxygen atoms in total. The molecule has 0 unspecified atom stereocenters. The minimum absolute atomic E-state index is 0.157. The van der Waals surface area contributed by atoms with Crippen LogP contribution in [0.4, 0.5) is 11.4 Å². The number of benzene rings is 1. The average molecular weight is 500 g/mol. The van der Waals surface area contributed by atoms with Gasteiger partial charge in [0.25, 0.3) is 11.8 Å². The summed E-state index contributed by atoms with van der Waals surface area (Å²) in [6.45, 7) is 4.85. The number of pyridine rings is 2. The predicted octanol–water partition coefficient (Wildman–Crippen LogP) is 3.88. The normalized spacial score (nSPS) is 14.8. The fourth-order valence-corrected chi connectivity index (χ4v) is 4.39. The van der Waals surface area contributed by atoms with Crippen LogP contribution < -0.4 is 14.5 Å². The molecule has 4 rings (SSSR count). The molecule has 0 N–H and O–H groups in total. The van der Waals surface area contributed by atoms with Crippen LogP contribution in [0.2, 0.25) is 0 Å². The number of amides is 2. The molecule has 0 spiro atoms. The van der Waals surface area contributed by atoms with Crippen LogP contribution in [0.5, 0.6) is 5.75 Å². The number of carbonyl (C=O) groups is 2. The molecule has 0 fully saturated rings. The Morgan fingerprint density at radius 2 is 1.65 bits per heavy atom. The summed E-state index contributed by atoms with van der Waals surface area (Å²) in [5.74, 6) is 0.0298. The van der Waals surface area contributed by atoms with Crippen LogP contribution in [0.15, 0.2) is 78.9 Å². The van der Waals surface area contributed by atoms with Crippen molar-refractivity contribution in [3.8, 4) is 5.75 Å². The van der Waals surface area contributed by atoms with Gasteiger partial charge >= 0.3 is 0 Å². The van der Waals surface area contributed by atoms with Crippen LogP contribution in [0.25, 0.3) is 0 Å². The van der Waals surface area contributed by atoms with Gasteiger partial charge in [0.1, 0.15) is 11.3 Å². The number of aromatic nitrogens is 2. The first-order valence-electron chi connectivity index (χ1n) is 12.5. The summed E-state index contributed by atoms with van der Waals surface area (Å²) < 4.78 is 6.07. The molecule has 1 aliphatic heterocycles. The van der Waals surface area contributed by atoms with E-state index in [1.807, 2.05) is 55.0 Å². The first kappa shape index (κ1) is 26.0. The van der Waals surface area contributed by atoms with Gasteiger partial charge in [0, 0.05) is 64.6 Å². The van der Waals surface area contributed by atoms with E-state index in [4.69, 9.17) is 4.74 Å². The zero-order chi connectivity index (χ0) is 26.2. The molecule has 37 heavy (non-hydrogen) atoms. The van der Waals surface area contributed by atoms with Crippen molar-refractivity contribution in [3.05, 3.63) is 90.0 Å². The largest absolute Gasteiger partial charge is 0.493 e. The molecule has 0 saturated heterocycles. The van der Waals surface area contributed by atoms with Gasteiger partial charge in [-0.1, -0.05) is 12.1 Å². The van der Waals surface area contributed by atoms with Crippen LogP contribution >= 0.6 is 0 Å². The number of hydrogen-bond donors (Lipinski definition) is 0. The van der Waals surface area contributed by atoms with E-state index >= 15 is 0 Å². The highest BCUT2D eigenvalue weighted by Crippen LogP contribution is 2.36. The van der Waals surface area contributed by atoms with Crippen LogP contribution in [-0.4, -0.2) is 60.5 Å². The van der Waals surface area contributed by atoms with Crippen LogP contribution in [0.1, 0.15) is 24.5 Å². The summed E-state index contributed by atoms with van der Waals surface area (Å²) in [6, 6.07) is 13.7. The minimum atomic E-state index is -0.324. The molecule has 192 valence electrons. The highest BCUT2D eigenvalue weighted by Gasteiger charge is 2.32. The molecule has 0 aliphatic carbocycles. The molecular weight excluding hydrogens is 466 g/mol. The monoisotopic (exact) mass is 499 g/mol. The second-order valence-electron chi connectivity index (χ2n) is 9.03. The molecule has 2 amide bonds. The van der Waals surface area contributed by atoms with Crippen LogP contribution in [-0.2, 0) is 22.6 Å². The lowest BCUT2D eigenvalue weighted by molar-refractivity contribution is -0.120. The van der Waals surface area contributed by atoms with E-state index in [2.05, 4.69) is 20.9 Å². The van der Waals surface area contributed by atoms with Gasteiger partial charge in [-0.3, -0.25) is 24.5 Å². The number of ether oxygens (including phenoxy) is 1. The maximum Gasteiger partial charge on any atom is 0.263 e. The third kappa shape index (κ3) is 6.40. The molecule has 1 aromatic carbocycles. The Bertz CT molecular complexity index is 1250. The summed E-state index contributed by atoms with van der Waals surface area (Å²) in [7, 11) is 3.36. The zero-order valence-electron chi connectivity index (χ0n) is 21.6. The van der Waals surface area contributed by atoms with Crippen LogP contribution in [0.3, 0.4) is 0 Å². The molecule has 3 heterocycles. The molecule has 3 aromatic rings. The zero-order valence-corrected chi connectivity index (χ0v) is 21.6. The first-order chi connectivity index (χ1) is 18.0. The number of rotatable bonds is 10.